The van der Waals surface area contributed by atoms with E-state index in [2.05, 4.69) is 154 Å². The summed E-state index contributed by atoms with van der Waals surface area (Å²) in [5.74, 6) is 0. The van der Waals surface area contributed by atoms with Gasteiger partial charge in [-0.25, -0.2) is 0 Å². The molecular weight excluding hydrogens is 486 g/mol. The van der Waals surface area contributed by atoms with Crippen LogP contribution in [-0.4, -0.2) is 13.7 Å². The molecule has 0 N–H and O–H groups in total. The second-order valence-electron chi connectivity index (χ2n) is 10.7. The van der Waals surface area contributed by atoms with Gasteiger partial charge in [0.05, 0.1) is 22.1 Å². The Kier molecular flexibility index (Phi) is 4.26. The van der Waals surface area contributed by atoms with Crippen LogP contribution in [0.15, 0.2) is 133 Å². The van der Waals surface area contributed by atoms with Crippen LogP contribution in [0, 0.1) is 0 Å². The Balaban J connectivity index is 1.44. The predicted octanol–water partition coefficient (Wildman–Crippen LogP) is 9.53. The van der Waals surface area contributed by atoms with E-state index in [1.807, 2.05) is 0 Å². The summed E-state index contributed by atoms with van der Waals surface area (Å²) in [6.45, 7) is 0. The van der Waals surface area contributed by atoms with Crippen LogP contribution in [0.25, 0.3) is 76.8 Å². The van der Waals surface area contributed by atoms with Crippen molar-refractivity contribution in [1.29, 1.82) is 0 Å². The number of aryl methyl sites for hydroxylation is 1. The Labute approximate surface area is 230 Å². The fourth-order valence-electron chi connectivity index (χ4n) is 6.95. The smallest absolute Gasteiger partial charge is 0.0548 e. The van der Waals surface area contributed by atoms with Crippen molar-refractivity contribution >= 4 is 65.4 Å². The predicted molar refractivity (Wildman–Crippen MR) is 169 cm³/mol. The van der Waals surface area contributed by atoms with Crippen molar-refractivity contribution in [3.63, 3.8) is 0 Å². The lowest BCUT2D eigenvalue weighted by molar-refractivity contribution is 1.01. The van der Waals surface area contributed by atoms with Gasteiger partial charge in [-0.1, -0.05) is 72.8 Å². The molecule has 3 nitrogen and oxygen atoms in total. The molecule has 0 aliphatic heterocycles. The number of nitrogens with zero attached hydrogens (tertiary/aromatic N) is 3. The quantitative estimate of drug-likeness (QED) is 0.219. The van der Waals surface area contributed by atoms with Crippen LogP contribution in [0.2, 0.25) is 0 Å². The van der Waals surface area contributed by atoms with Gasteiger partial charge in [0, 0.05) is 61.8 Å². The molecule has 3 heteroatoms. The van der Waals surface area contributed by atoms with Crippen LogP contribution in [0.5, 0.6) is 0 Å². The van der Waals surface area contributed by atoms with Gasteiger partial charge in [0.15, 0.2) is 0 Å². The third kappa shape index (κ3) is 2.73. The van der Waals surface area contributed by atoms with Crippen molar-refractivity contribution in [3.8, 4) is 11.4 Å². The van der Waals surface area contributed by atoms with Crippen LogP contribution in [0.1, 0.15) is 0 Å². The molecule has 0 fully saturated rings. The number of benzene rings is 6. The normalized spacial score (nSPS) is 12.1. The second kappa shape index (κ2) is 7.87. The Morgan fingerprint density at radius 2 is 0.825 bits per heavy atom. The SMILES string of the molecule is Cn1c2ccccc2c2cc(-n3c4ccccc4c4c5c6ccccc6n(-c6ccccc6)c5ccc43)ccc21. The van der Waals surface area contributed by atoms with Gasteiger partial charge in [-0.15, -0.1) is 0 Å². The molecule has 0 amide bonds. The maximum Gasteiger partial charge on any atom is 0.0548 e. The summed E-state index contributed by atoms with van der Waals surface area (Å²) in [4.78, 5) is 0. The van der Waals surface area contributed by atoms with Crippen molar-refractivity contribution in [2.75, 3.05) is 0 Å². The molecule has 0 saturated carbocycles. The van der Waals surface area contributed by atoms with E-state index in [0.717, 1.165) is 0 Å². The van der Waals surface area contributed by atoms with Crippen LogP contribution >= 0.6 is 0 Å². The first kappa shape index (κ1) is 21.6. The van der Waals surface area contributed by atoms with E-state index in [0.29, 0.717) is 0 Å². The molecule has 3 aromatic heterocycles. The molecule has 0 unspecified atom stereocenters. The molecule has 0 saturated heterocycles. The van der Waals surface area contributed by atoms with E-state index in [4.69, 9.17) is 0 Å². The average Bonchev–Trinajstić information content (AvgIpc) is 3.63. The number of aromatic nitrogens is 3. The van der Waals surface area contributed by atoms with Crippen LogP contribution in [0.3, 0.4) is 0 Å². The summed E-state index contributed by atoms with van der Waals surface area (Å²) in [7, 11) is 2.16. The Bertz CT molecular complexity index is 2430. The highest BCUT2D eigenvalue weighted by atomic mass is 15.0. The van der Waals surface area contributed by atoms with E-state index >= 15 is 0 Å². The number of rotatable bonds is 2. The van der Waals surface area contributed by atoms with Gasteiger partial charge in [0.2, 0.25) is 0 Å². The van der Waals surface area contributed by atoms with Gasteiger partial charge in [-0.05, 0) is 60.7 Å². The van der Waals surface area contributed by atoms with Crippen LogP contribution in [-0.2, 0) is 7.05 Å². The molecule has 188 valence electrons. The van der Waals surface area contributed by atoms with E-state index in [-0.39, 0.29) is 0 Å². The number of fused-ring (bicyclic) bond motifs is 10. The van der Waals surface area contributed by atoms with E-state index in [1.165, 1.54) is 76.8 Å². The van der Waals surface area contributed by atoms with Crippen molar-refractivity contribution in [3.05, 3.63) is 133 Å². The minimum atomic E-state index is 1.18. The summed E-state index contributed by atoms with van der Waals surface area (Å²) in [5, 5.41) is 7.73. The van der Waals surface area contributed by atoms with Crippen molar-refractivity contribution < 1.29 is 0 Å². The van der Waals surface area contributed by atoms with Gasteiger partial charge in [-0.2, -0.15) is 0 Å². The van der Waals surface area contributed by atoms with Gasteiger partial charge in [0.1, 0.15) is 0 Å². The standard InChI is InChI=1S/C37H25N3/c1-38-30-16-8-5-13-26(30)29-23-25(19-20-31(29)38)40-33-18-10-7-15-28(33)37-35(40)22-21-34-36(37)27-14-6-9-17-32(27)39(34)24-11-3-2-4-12-24/h2-23H,1H3. The molecule has 0 aliphatic rings. The first-order chi connectivity index (χ1) is 19.8. The molecule has 40 heavy (non-hydrogen) atoms. The Morgan fingerprint density at radius 1 is 0.350 bits per heavy atom. The van der Waals surface area contributed by atoms with E-state index < -0.39 is 0 Å². The minimum absolute atomic E-state index is 1.18. The largest absolute Gasteiger partial charge is 0.344 e. The van der Waals surface area contributed by atoms with Crippen LogP contribution < -0.4 is 0 Å². The monoisotopic (exact) mass is 511 g/mol. The Hall–Kier alpha value is -5.28. The molecule has 0 atom stereocenters. The fraction of sp³-hybridized carbons (Fsp3) is 0.0270. The highest BCUT2D eigenvalue weighted by Crippen LogP contribution is 2.42. The maximum absolute atomic E-state index is 2.44. The highest BCUT2D eigenvalue weighted by molar-refractivity contribution is 6.29. The van der Waals surface area contributed by atoms with Gasteiger partial charge in [0.25, 0.3) is 0 Å². The molecule has 3 heterocycles. The second-order valence-corrected chi connectivity index (χ2v) is 10.7. The molecular formula is C37H25N3. The first-order valence-corrected chi connectivity index (χ1v) is 13.8. The summed E-state index contributed by atoms with van der Waals surface area (Å²) in [6, 6.07) is 48.5. The zero-order chi connectivity index (χ0) is 26.4. The highest BCUT2D eigenvalue weighted by Gasteiger charge is 2.20. The molecule has 0 spiro atoms. The topological polar surface area (TPSA) is 14.8 Å². The number of hydrogen-bond donors (Lipinski definition) is 0. The van der Waals surface area contributed by atoms with Crippen LogP contribution in [0.4, 0.5) is 0 Å². The zero-order valence-electron chi connectivity index (χ0n) is 22.0. The molecule has 9 rings (SSSR count). The summed E-state index contributed by atoms with van der Waals surface area (Å²) >= 11 is 0. The summed E-state index contributed by atoms with van der Waals surface area (Å²) in [6.07, 6.45) is 0. The first-order valence-electron chi connectivity index (χ1n) is 13.8. The molecule has 0 radical (unpaired) electrons. The maximum atomic E-state index is 2.44. The lowest BCUT2D eigenvalue weighted by Gasteiger charge is -2.10. The summed E-state index contributed by atoms with van der Waals surface area (Å²) in [5.41, 5.74) is 9.77. The molecule has 9 aromatic rings. The molecule has 0 bridgehead atoms. The third-order valence-corrected chi connectivity index (χ3v) is 8.64. The van der Waals surface area contributed by atoms with Gasteiger partial charge < -0.3 is 13.7 Å². The summed E-state index contributed by atoms with van der Waals surface area (Å²) < 4.78 is 7.14. The van der Waals surface area contributed by atoms with Gasteiger partial charge >= 0.3 is 0 Å². The van der Waals surface area contributed by atoms with E-state index in [1.54, 1.807) is 0 Å². The lowest BCUT2D eigenvalue weighted by Crippen LogP contribution is -1.95. The minimum Gasteiger partial charge on any atom is -0.344 e. The van der Waals surface area contributed by atoms with Gasteiger partial charge in [-0.3, -0.25) is 0 Å². The molecule has 0 aliphatic carbocycles. The average molecular weight is 512 g/mol. The van der Waals surface area contributed by atoms with E-state index in [9.17, 15) is 0 Å². The third-order valence-electron chi connectivity index (χ3n) is 8.64. The molecule has 6 aromatic carbocycles. The van der Waals surface area contributed by atoms with Crippen molar-refractivity contribution in [2.45, 2.75) is 0 Å². The lowest BCUT2D eigenvalue weighted by atomic mass is 10.1. The Morgan fingerprint density at radius 3 is 1.48 bits per heavy atom. The fourth-order valence-corrected chi connectivity index (χ4v) is 6.95. The van der Waals surface area contributed by atoms with Crippen molar-refractivity contribution in [2.24, 2.45) is 7.05 Å². The van der Waals surface area contributed by atoms with Crippen molar-refractivity contribution in [1.82, 2.24) is 13.7 Å². The number of para-hydroxylation sites is 4. The zero-order valence-corrected chi connectivity index (χ0v) is 22.0. The number of hydrogen-bond acceptors (Lipinski definition) is 0.